The summed E-state index contributed by atoms with van der Waals surface area (Å²) in [5.41, 5.74) is 2.36. The molecular formula is C13H18BrN3S2. The van der Waals surface area contributed by atoms with Crippen LogP contribution in [-0.2, 0) is 5.41 Å². The average Bonchev–Trinajstić information content (AvgIpc) is 2.93. The zero-order valence-corrected chi connectivity index (χ0v) is 14.7. The SMILES string of the molecule is CCNC(c1cscc1Br)c1snnc1C(C)(C)C. The maximum absolute atomic E-state index is 4.35. The van der Waals surface area contributed by atoms with Gasteiger partial charge < -0.3 is 5.32 Å². The molecule has 0 amide bonds. The number of halogens is 1. The molecule has 1 unspecified atom stereocenters. The molecule has 0 saturated carbocycles. The molecule has 2 rings (SSSR count). The Kier molecular flexibility index (Phi) is 4.76. The van der Waals surface area contributed by atoms with Crippen LogP contribution in [0, 0.1) is 0 Å². The molecule has 0 aliphatic carbocycles. The Morgan fingerprint density at radius 3 is 2.63 bits per heavy atom. The third-order valence-corrected chi connectivity index (χ3v) is 5.39. The summed E-state index contributed by atoms with van der Waals surface area (Å²) < 4.78 is 5.32. The Hall–Kier alpha value is -0.300. The summed E-state index contributed by atoms with van der Waals surface area (Å²) in [4.78, 5) is 1.22. The van der Waals surface area contributed by atoms with Crippen molar-refractivity contribution in [2.75, 3.05) is 6.54 Å². The molecule has 2 aromatic heterocycles. The first-order valence-electron chi connectivity index (χ1n) is 6.22. The average molecular weight is 360 g/mol. The van der Waals surface area contributed by atoms with Crippen molar-refractivity contribution in [1.82, 2.24) is 14.9 Å². The third-order valence-electron chi connectivity index (χ3n) is 2.85. The van der Waals surface area contributed by atoms with Crippen LogP contribution in [0.5, 0.6) is 0 Å². The van der Waals surface area contributed by atoms with Gasteiger partial charge in [0.15, 0.2) is 0 Å². The molecule has 1 atom stereocenters. The molecule has 0 fully saturated rings. The normalized spacial score (nSPS) is 13.7. The van der Waals surface area contributed by atoms with Gasteiger partial charge in [-0.2, -0.15) is 11.3 Å². The Balaban J connectivity index is 2.46. The van der Waals surface area contributed by atoms with Gasteiger partial charge in [0.25, 0.3) is 0 Å². The molecule has 2 heterocycles. The van der Waals surface area contributed by atoms with Crippen LogP contribution in [0.3, 0.4) is 0 Å². The number of aromatic nitrogens is 2. The van der Waals surface area contributed by atoms with Gasteiger partial charge >= 0.3 is 0 Å². The molecule has 0 spiro atoms. The summed E-state index contributed by atoms with van der Waals surface area (Å²) in [7, 11) is 0. The van der Waals surface area contributed by atoms with Crippen LogP contribution in [-0.4, -0.2) is 16.1 Å². The van der Waals surface area contributed by atoms with E-state index in [0.29, 0.717) is 0 Å². The maximum Gasteiger partial charge on any atom is 0.0860 e. The van der Waals surface area contributed by atoms with Gasteiger partial charge in [-0.25, -0.2) is 0 Å². The van der Waals surface area contributed by atoms with E-state index in [4.69, 9.17) is 0 Å². The number of hydrogen-bond donors (Lipinski definition) is 1. The third kappa shape index (κ3) is 3.24. The molecule has 0 aliphatic heterocycles. The highest BCUT2D eigenvalue weighted by atomic mass is 79.9. The van der Waals surface area contributed by atoms with E-state index in [-0.39, 0.29) is 11.5 Å². The summed E-state index contributed by atoms with van der Waals surface area (Å²) in [5.74, 6) is 0. The lowest BCUT2D eigenvalue weighted by Crippen LogP contribution is -2.25. The molecule has 6 heteroatoms. The summed E-state index contributed by atoms with van der Waals surface area (Å²) >= 11 is 6.83. The van der Waals surface area contributed by atoms with Crippen molar-refractivity contribution in [3.8, 4) is 0 Å². The van der Waals surface area contributed by atoms with E-state index in [0.717, 1.165) is 16.7 Å². The van der Waals surface area contributed by atoms with E-state index < -0.39 is 0 Å². The monoisotopic (exact) mass is 359 g/mol. The lowest BCUT2D eigenvalue weighted by molar-refractivity contribution is 0.543. The van der Waals surface area contributed by atoms with Crippen LogP contribution in [0.4, 0.5) is 0 Å². The standard InChI is InChI=1S/C13H18BrN3S2/c1-5-15-10(8-6-18-7-9(8)14)11-12(13(2,3)4)16-17-19-11/h6-7,10,15H,5H2,1-4H3. The molecule has 104 valence electrons. The van der Waals surface area contributed by atoms with Crippen molar-refractivity contribution < 1.29 is 0 Å². The van der Waals surface area contributed by atoms with Crippen molar-refractivity contribution in [1.29, 1.82) is 0 Å². The summed E-state index contributed by atoms with van der Waals surface area (Å²) in [6, 6.07) is 0.167. The zero-order valence-electron chi connectivity index (χ0n) is 11.5. The highest BCUT2D eigenvalue weighted by Crippen LogP contribution is 2.37. The van der Waals surface area contributed by atoms with Gasteiger partial charge in [-0.05, 0) is 45.0 Å². The van der Waals surface area contributed by atoms with Crippen LogP contribution in [0.2, 0.25) is 0 Å². The van der Waals surface area contributed by atoms with Crippen LogP contribution >= 0.6 is 38.8 Å². The predicted octanol–water partition coefficient (Wildman–Crippen LogP) is 4.36. The van der Waals surface area contributed by atoms with Crippen LogP contribution in [0.1, 0.15) is 49.9 Å². The van der Waals surface area contributed by atoms with Gasteiger partial charge in [-0.1, -0.05) is 32.2 Å². The second-order valence-corrected chi connectivity index (χ2v) is 7.79. The second-order valence-electron chi connectivity index (χ2n) is 5.40. The highest BCUT2D eigenvalue weighted by Gasteiger charge is 2.28. The summed E-state index contributed by atoms with van der Waals surface area (Å²) in [6.45, 7) is 9.57. The molecule has 0 aliphatic rings. The lowest BCUT2D eigenvalue weighted by atomic mass is 9.89. The molecule has 0 bridgehead atoms. The quantitative estimate of drug-likeness (QED) is 0.880. The molecule has 1 N–H and O–H groups in total. The maximum atomic E-state index is 4.35. The Morgan fingerprint density at radius 1 is 1.37 bits per heavy atom. The van der Waals surface area contributed by atoms with Gasteiger partial charge in [0.1, 0.15) is 0 Å². The first kappa shape index (κ1) is 15.1. The minimum absolute atomic E-state index is 0.0124. The molecule has 0 saturated heterocycles. The van der Waals surface area contributed by atoms with Gasteiger partial charge in [-0.3, -0.25) is 0 Å². The van der Waals surface area contributed by atoms with Gasteiger partial charge in [0, 0.05) is 15.3 Å². The van der Waals surface area contributed by atoms with Crippen LogP contribution in [0.25, 0.3) is 0 Å². The van der Waals surface area contributed by atoms with Crippen molar-refractivity contribution in [2.45, 2.75) is 39.2 Å². The van der Waals surface area contributed by atoms with Crippen molar-refractivity contribution >= 4 is 38.8 Å². The van der Waals surface area contributed by atoms with E-state index in [1.54, 1.807) is 11.3 Å². The first-order chi connectivity index (χ1) is 8.95. The fraction of sp³-hybridized carbons (Fsp3) is 0.538. The minimum Gasteiger partial charge on any atom is -0.306 e. The first-order valence-corrected chi connectivity index (χ1v) is 8.73. The number of thiophene rings is 1. The zero-order chi connectivity index (χ0) is 14.0. The minimum atomic E-state index is 0.0124. The van der Waals surface area contributed by atoms with Gasteiger partial charge in [0.2, 0.25) is 0 Å². The lowest BCUT2D eigenvalue weighted by Gasteiger charge is -2.22. The molecule has 19 heavy (non-hydrogen) atoms. The fourth-order valence-electron chi connectivity index (χ4n) is 1.95. The topological polar surface area (TPSA) is 37.8 Å². The Bertz CT molecular complexity index is 542. The van der Waals surface area contributed by atoms with Crippen molar-refractivity contribution in [3.63, 3.8) is 0 Å². The molecular weight excluding hydrogens is 342 g/mol. The number of nitrogens with one attached hydrogen (secondary N) is 1. The molecule has 0 radical (unpaired) electrons. The summed E-state index contributed by atoms with van der Waals surface area (Å²) in [5, 5.41) is 12.2. The number of nitrogens with zero attached hydrogens (tertiary/aromatic N) is 2. The van der Waals surface area contributed by atoms with Crippen LogP contribution < -0.4 is 5.32 Å². The number of rotatable bonds is 4. The largest absolute Gasteiger partial charge is 0.306 e. The number of hydrogen-bond acceptors (Lipinski definition) is 5. The smallest absolute Gasteiger partial charge is 0.0860 e. The predicted molar refractivity (Wildman–Crippen MR) is 86.1 cm³/mol. The fourth-order valence-corrected chi connectivity index (χ4v) is 4.46. The van der Waals surface area contributed by atoms with E-state index in [1.165, 1.54) is 22.0 Å². The van der Waals surface area contributed by atoms with Crippen molar-refractivity contribution in [3.05, 3.63) is 31.4 Å². The Labute approximate surface area is 130 Å². The molecule has 3 nitrogen and oxygen atoms in total. The summed E-state index contributed by atoms with van der Waals surface area (Å²) in [6.07, 6.45) is 0. The highest BCUT2D eigenvalue weighted by molar-refractivity contribution is 9.10. The van der Waals surface area contributed by atoms with E-state index in [1.807, 2.05) is 0 Å². The van der Waals surface area contributed by atoms with E-state index in [9.17, 15) is 0 Å². The van der Waals surface area contributed by atoms with E-state index >= 15 is 0 Å². The molecule has 2 aromatic rings. The van der Waals surface area contributed by atoms with Crippen LogP contribution in [0.15, 0.2) is 15.2 Å². The molecule has 0 aromatic carbocycles. The van der Waals surface area contributed by atoms with Crippen molar-refractivity contribution in [2.24, 2.45) is 0 Å². The van der Waals surface area contributed by atoms with Gasteiger partial charge in [0.05, 0.1) is 16.6 Å². The van der Waals surface area contributed by atoms with E-state index in [2.05, 4.69) is 69.3 Å². The second kappa shape index (κ2) is 5.99. The Morgan fingerprint density at radius 2 is 2.11 bits per heavy atom. The van der Waals surface area contributed by atoms with Gasteiger partial charge in [-0.15, -0.1) is 5.10 Å².